The number of hydrogen-bond acceptors (Lipinski definition) is 10. The van der Waals surface area contributed by atoms with E-state index < -0.39 is 0 Å². The third kappa shape index (κ3) is 4.49. The Labute approximate surface area is 263 Å². The fraction of sp³-hybridized carbons (Fsp3) is 0.257. The SMILES string of the molecule is COc1ccc(C(=O)Nc2ccc3nc4c(OC)cc([C@@H]5c6cc7c(cc6C[C@H]6COC(=O)[C@@H]65)OCO7)cc4nc3c2)cc1OC. The van der Waals surface area contributed by atoms with Crippen LogP contribution in [-0.2, 0) is 16.0 Å². The van der Waals surface area contributed by atoms with Crippen molar-refractivity contribution in [2.75, 3.05) is 40.0 Å². The lowest BCUT2D eigenvalue weighted by atomic mass is 9.67. The van der Waals surface area contributed by atoms with E-state index >= 15 is 0 Å². The van der Waals surface area contributed by atoms with Gasteiger partial charge in [0.2, 0.25) is 6.79 Å². The number of benzene rings is 4. The zero-order valence-electron chi connectivity index (χ0n) is 25.3. The number of anilines is 1. The maximum atomic E-state index is 13.1. The molecule has 3 atom stereocenters. The number of nitrogens with one attached hydrogen (secondary N) is 1. The van der Waals surface area contributed by atoms with Crippen molar-refractivity contribution in [1.29, 1.82) is 0 Å². The lowest BCUT2D eigenvalue weighted by Gasteiger charge is -2.33. The van der Waals surface area contributed by atoms with Crippen LogP contribution in [0.4, 0.5) is 5.69 Å². The van der Waals surface area contributed by atoms with Crippen LogP contribution in [0.15, 0.2) is 60.7 Å². The Morgan fingerprint density at radius 2 is 1.61 bits per heavy atom. The summed E-state index contributed by atoms with van der Waals surface area (Å²) in [4.78, 5) is 36.1. The second-order valence-electron chi connectivity index (χ2n) is 11.5. The predicted molar refractivity (Wildman–Crippen MR) is 167 cm³/mol. The van der Waals surface area contributed by atoms with Gasteiger partial charge < -0.3 is 33.7 Å². The number of esters is 1. The molecular weight excluding hydrogens is 590 g/mol. The Morgan fingerprint density at radius 1 is 0.804 bits per heavy atom. The lowest BCUT2D eigenvalue weighted by Crippen LogP contribution is -2.31. The third-order valence-corrected chi connectivity index (χ3v) is 9.04. The number of ether oxygens (including phenoxy) is 6. The second-order valence-corrected chi connectivity index (χ2v) is 11.5. The number of cyclic esters (lactones) is 1. The second kappa shape index (κ2) is 10.8. The van der Waals surface area contributed by atoms with Gasteiger partial charge in [-0.15, -0.1) is 0 Å². The van der Waals surface area contributed by atoms with Crippen LogP contribution in [0.1, 0.15) is 33.0 Å². The molecule has 1 aromatic heterocycles. The van der Waals surface area contributed by atoms with Crippen molar-refractivity contribution in [3.63, 3.8) is 0 Å². The van der Waals surface area contributed by atoms with Gasteiger partial charge in [0, 0.05) is 23.1 Å². The van der Waals surface area contributed by atoms with Crippen LogP contribution in [0.5, 0.6) is 28.7 Å². The van der Waals surface area contributed by atoms with Crippen LogP contribution in [-0.4, -0.2) is 56.6 Å². The molecule has 1 amide bonds. The van der Waals surface area contributed by atoms with E-state index in [2.05, 4.69) is 5.32 Å². The molecule has 8 rings (SSSR count). The summed E-state index contributed by atoms with van der Waals surface area (Å²) < 4.78 is 33.4. The first-order valence-electron chi connectivity index (χ1n) is 14.9. The molecule has 11 nitrogen and oxygen atoms in total. The van der Waals surface area contributed by atoms with E-state index in [0.29, 0.717) is 75.1 Å². The Balaban J connectivity index is 1.20. The number of aromatic nitrogens is 2. The van der Waals surface area contributed by atoms with Crippen molar-refractivity contribution in [2.24, 2.45) is 11.8 Å². The van der Waals surface area contributed by atoms with Crippen LogP contribution in [0, 0.1) is 11.8 Å². The van der Waals surface area contributed by atoms with Gasteiger partial charge in [0.05, 0.1) is 50.4 Å². The van der Waals surface area contributed by atoms with Gasteiger partial charge in [-0.2, -0.15) is 0 Å². The van der Waals surface area contributed by atoms with Gasteiger partial charge in [-0.05, 0) is 83.8 Å². The fourth-order valence-corrected chi connectivity index (χ4v) is 6.87. The highest BCUT2D eigenvalue weighted by molar-refractivity contribution is 6.05. The molecule has 5 aromatic rings. The number of rotatable bonds is 6. The highest BCUT2D eigenvalue weighted by Gasteiger charge is 2.48. The van der Waals surface area contributed by atoms with Gasteiger partial charge in [-0.3, -0.25) is 9.59 Å². The Bertz CT molecular complexity index is 2080. The molecule has 1 saturated heterocycles. The smallest absolute Gasteiger partial charge is 0.310 e. The van der Waals surface area contributed by atoms with Crippen LogP contribution in [0.2, 0.25) is 0 Å². The summed E-state index contributed by atoms with van der Waals surface area (Å²) in [5.41, 5.74) is 6.35. The maximum Gasteiger partial charge on any atom is 0.310 e. The molecule has 3 heterocycles. The monoisotopic (exact) mass is 619 g/mol. The molecule has 0 spiro atoms. The molecule has 0 unspecified atom stereocenters. The number of nitrogens with zero attached hydrogens (tertiary/aromatic N) is 2. The van der Waals surface area contributed by atoms with E-state index in [0.717, 1.165) is 16.7 Å². The summed E-state index contributed by atoms with van der Waals surface area (Å²) in [6.45, 7) is 0.543. The molecule has 1 N–H and O–H groups in total. The van der Waals surface area contributed by atoms with E-state index in [4.69, 9.17) is 38.4 Å². The first-order valence-corrected chi connectivity index (χ1v) is 14.9. The van der Waals surface area contributed by atoms with Crippen LogP contribution >= 0.6 is 0 Å². The molecular formula is C35H29N3O8. The normalized spacial score (nSPS) is 19.4. The van der Waals surface area contributed by atoms with Gasteiger partial charge in [0.1, 0.15) is 11.3 Å². The van der Waals surface area contributed by atoms with E-state index in [1.165, 1.54) is 7.11 Å². The number of amides is 1. The zero-order chi connectivity index (χ0) is 31.5. The van der Waals surface area contributed by atoms with Gasteiger partial charge in [-0.25, -0.2) is 9.97 Å². The van der Waals surface area contributed by atoms with E-state index in [1.807, 2.05) is 24.3 Å². The molecule has 46 heavy (non-hydrogen) atoms. The topological polar surface area (TPSA) is 127 Å². The molecule has 4 aromatic carbocycles. The van der Waals surface area contributed by atoms with Gasteiger partial charge >= 0.3 is 5.97 Å². The van der Waals surface area contributed by atoms with Crippen molar-refractivity contribution in [3.05, 3.63) is 82.9 Å². The quantitative estimate of drug-likeness (QED) is 0.198. The molecule has 0 radical (unpaired) electrons. The highest BCUT2D eigenvalue weighted by atomic mass is 16.7. The number of fused-ring (bicyclic) bond motifs is 5. The van der Waals surface area contributed by atoms with Crippen molar-refractivity contribution in [2.45, 2.75) is 12.3 Å². The predicted octanol–water partition coefficient (Wildman–Crippen LogP) is 5.27. The van der Waals surface area contributed by atoms with Gasteiger partial charge in [0.25, 0.3) is 5.91 Å². The molecule has 1 fully saturated rings. The average molecular weight is 620 g/mol. The number of carbonyl (C=O) groups is 2. The Hall–Kier alpha value is -5.58. The summed E-state index contributed by atoms with van der Waals surface area (Å²) in [5, 5.41) is 2.93. The van der Waals surface area contributed by atoms with Crippen molar-refractivity contribution < 1.29 is 38.0 Å². The summed E-state index contributed by atoms with van der Waals surface area (Å²) in [7, 11) is 4.65. The Morgan fingerprint density at radius 3 is 2.41 bits per heavy atom. The minimum atomic E-state index is -0.359. The molecule has 3 aliphatic rings. The first-order chi connectivity index (χ1) is 22.4. The molecule has 2 aliphatic heterocycles. The van der Waals surface area contributed by atoms with E-state index in [9.17, 15) is 9.59 Å². The van der Waals surface area contributed by atoms with Gasteiger partial charge in [-0.1, -0.05) is 0 Å². The van der Waals surface area contributed by atoms with Crippen molar-refractivity contribution in [1.82, 2.24) is 9.97 Å². The minimum absolute atomic E-state index is 0.0339. The summed E-state index contributed by atoms with van der Waals surface area (Å²) in [6, 6.07) is 18.2. The zero-order valence-corrected chi connectivity index (χ0v) is 25.3. The number of hydrogen-bond donors (Lipinski definition) is 1. The van der Waals surface area contributed by atoms with Gasteiger partial charge in [0.15, 0.2) is 23.0 Å². The van der Waals surface area contributed by atoms with Crippen LogP contribution in [0.3, 0.4) is 0 Å². The lowest BCUT2D eigenvalue weighted by molar-refractivity contribution is -0.141. The maximum absolute atomic E-state index is 13.1. The summed E-state index contributed by atoms with van der Waals surface area (Å²) in [5.74, 6) is 1.75. The standard InChI is InChI=1S/C35H29N3O8/c1-41-26-7-4-17(10-27(26)42-2)34(39)36-21-5-6-23-24(13-21)37-25-9-19(12-30(43-3)33(25)38-23)31-22-14-29-28(45-16-46-29)11-18(22)8-20-15-44-35(40)32(20)31/h4-7,9-14,20,31-32H,8,15-16H2,1-3H3,(H,36,39)/t20-,31+,32-/m0/s1. The number of carbonyl (C=O) groups excluding carboxylic acids is 2. The first kappa shape index (κ1) is 27.9. The number of methoxy groups -OCH3 is 3. The van der Waals surface area contributed by atoms with E-state index in [1.54, 1.807) is 50.6 Å². The fourth-order valence-electron chi connectivity index (χ4n) is 6.87. The summed E-state index contributed by atoms with van der Waals surface area (Å²) >= 11 is 0. The largest absolute Gasteiger partial charge is 0.494 e. The van der Waals surface area contributed by atoms with E-state index in [-0.39, 0.29) is 36.4 Å². The minimum Gasteiger partial charge on any atom is -0.494 e. The average Bonchev–Trinajstić information content (AvgIpc) is 3.69. The van der Waals surface area contributed by atoms with Crippen LogP contribution < -0.4 is 29.0 Å². The molecule has 1 aliphatic carbocycles. The Kier molecular flexibility index (Phi) is 6.55. The van der Waals surface area contributed by atoms with Crippen LogP contribution in [0.25, 0.3) is 22.1 Å². The third-order valence-electron chi connectivity index (χ3n) is 9.04. The van der Waals surface area contributed by atoms with Crippen molar-refractivity contribution >= 4 is 39.6 Å². The molecule has 11 heteroatoms. The summed E-state index contributed by atoms with van der Waals surface area (Å²) in [6.07, 6.45) is 0.714. The highest BCUT2D eigenvalue weighted by Crippen LogP contribution is 2.51. The molecule has 0 bridgehead atoms. The molecule has 0 saturated carbocycles. The molecule has 232 valence electrons. The van der Waals surface area contributed by atoms with Crippen molar-refractivity contribution in [3.8, 4) is 28.7 Å².